The molecule has 1 N–H and O–H groups in total. The summed E-state index contributed by atoms with van der Waals surface area (Å²) in [5.41, 5.74) is 2.62. The maximum absolute atomic E-state index is 13.0. The molecule has 1 fully saturated rings. The Morgan fingerprint density at radius 3 is 2.83 bits per heavy atom. The summed E-state index contributed by atoms with van der Waals surface area (Å²) in [5.74, 6) is 0.448. The Balaban J connectivity index is 1.71. The second kappa shape index (κ2) is 4.68. The van der Waals surface area contributed by atoms with E-state index in [1.165, 1.54) is 4.90 Å². The number of hydrogen-bond donors (Lipinski definition) is 1. The van der Waals surface area contributed by atoms with Crippen LogP contribution in [-0.4, -0.2) is 22.0 Å². The predicted octanol–water partition coefficient (Wildman–Crippen LogP) is 2.18. The first-order valence-electron chi connectivity index (χ1n) is 7.67. The molecule has 0 saturated carbocycles. The highest BCUT2D eigenvalue weighted by Crippen LogP contribution is 2.41. The average molecular weight is 311 g/mol. The lowest BCUT2D eigenvalue weighted by atomic mass is 9.92. The van der Waals surface area contributed by atoms with Crippen molar-refractivity contribution in [3.63, 3.8) is 0 Å². The molecule has 1 saturated heterocycles. The van der Waals surface area contributed by atoms with Crippen LogP contribution >= 0.6 is 0 Å². The van der Waals surface area contributed by atoms with Gasteiger partial charge in [-0.2, -0.15) is 0 Å². The van der Waals surface area contributed by atoms with Crippen LogP contribution in [0, 0.1) is 13.8 Å². The third-order valence-corrected chi connectivity index (χ3v) is 4.92. The van der Waals surface area contributed by atoms with Crippen LogP contribution in [0.1, 0.15) is 34.6 Å². The topological polar surface area (TPSA) is 75.4 Å². The van der Waals surface area contributed by atoms with Gasteiger partial charge in [0, 0.05) is 5.56 Å². The Kier molecular flexibility index (Phi) is 2.85. The smallest absolute Gasteiger partial charge is 0.325 e. The summed E-state index contributed by atoms with van der Waals surface area (Å²) in [5, 5.41) is 6.81. The fraction of sp³-hybridized carbons (Fsp3) is 0.353. The van der Waals surface area contributed by atoms with Gasteiger partial charge in [0.1, 0.15) is 11.3 Å². The summed E-state index contributed by atoms with van der Waals surface area (Å²) in [6, 6.07) is 7.45. The zero-order valence-corrected chi connectivity index (χ0v) is 13.0. The molecule has 1 atom stereocenters. The fourth-order valence-corrected chi connectivity index (χ4v) is 3.62. The first-order valence-corrected chi connectivity index (χ1v) is 7.67. The summed E-state index contributed by atoms with van der Waals surface area (Å²) in [6.45, 7) is 3.79. The molecule has 3 amide bonds. The van der Waals surface area contributed by atoms with Gasteiger partial charge in [-0.1, -0.05) is 29.4 Å². The molecule has 0 bridgehead atoms. The maximum Gasteiger partial charge on any atom is 0.325 e. The van der Waals surface area contributed by atoms with E-state index in [-0.39, 0.29) is 18.5 Å². The number of fused-ring (bicyclic) bond motifs is 2. The molecule has 4 rings (SSSR count). The van der Waals surface area contributed by atoms with E-state index in [0.717, 1.165) is 23.1 Å². The van der Waals surface area contributed by atoms with E-state index in [1.807, 2.05) is 31.2 Å². The third kappa shape index (κ3) is 1.84. The zero-order valence-electron chi connectivity index (χ0n) is 13.0. The summed E-state index contributed by atoms with van der Waals surface area (Å²) in [7, 11) is 0. The molecule has 1 spiro atoms. The van der Waals surface area contributed by atoms with Crippen molar-refractivity contribution in [1.29, 1.82) is 0 Å². The van der Waals surface area contributed by atoms with Crippen LogP contribution in [0.3, 0.4) is 0 Å². The molecule has 1 aliphatic heterocycles. The summed E-state index contributed by atoms with van der Waals surface area (Å²) >= 11 is 0. The van der Waals surface area contributed by atoms with Crippen molar-refractivity contribution < 1.29 is 14.1 Å². The second-order valence-corrected chi connectivity index (χ2v) is 6.19. The standard InChI is InChI=1S/C17H17N3O3/c1-10-13(11(2)23-19-10)9-20-15(21)17(18-16(20)22)8-7-12-5-3-4-6-14(12)17/h3-6H,7-9H2,1-2H3,(H,18,22)/t17-/m0/s1. The number of amides is 3. The number of benzene rings is 1. The molecular formula is C17H17N3O3. The minimum absolute atomic E-state index is 0.188. The van der Waals surface area contributed by atoms with Gasteiger partial charge in [0.15, 0.2) is 0 Å². The molecule has 118 valence electrons. The lowest BCUT2D eigenvalue weighted by molar-refractivity contribution is -0.132. The van der Waals surface area contributed by atoms with E-state index in [2.05, 4.69) is 10.5 Å². The first kappa shape index (κ1) is 14.0. The number of carbonyl (C=O) groups is 2. The number of rotatable bonds is 2. The second-order valence-electron chi connectivity index (χ2n) is 6.19. The van der Waals surface area contributed by atoms with Crippen molar-refractivity contribution in [2.75, 3.05) is 0 Å². The van der Waals surface area contributed by atoms with E-state index < -0.39 is 5.54 Å². The molecule has 1 aromatic heterocycles. The Hall–Kier alpha value is -2.63. The number of urea groups is 1. The monoisotopic (exact) mass is 311 g/mol. The van der Waals surface area contributed by atoms with E-state index in [9.17, 15) is 9.59 Å². The van der Waals surface area contributed by atoms with Crippen LogP contribution in [0.25, 0.3) is 0 Å². The van der Waals surface area contributed by atoms with Crippen molar-refractivity contribution >= 4 is 11.9 Å². The molecule has 6 heteroatoms. The van der Waals surface area contributed by atoms with Crippen LogP contribution in [-0.2, 0) is 23.3 Å². The number of imide groups is 1. The lowest BCUT2D eigenvalue weighted by Gasteiger charge is -2.22. The Morgan fingerprint density at radius 2 is 2.09 bits per heavy atom. The highest BCUT2D eigenvalue weighted by molar-refractivity contribution is 6.08. The van der Waals surface area contributed by atoms with Gasteiger partial charge in [-0.05, 0) is 37.8 Å². The molecule has 23 heavy (non-hydrogen) atoms. The largest absolute Gasteiger partial charge is 0.361 e. The van der Waals surface area contributed by atoms with Crippen LogP contribution in [0.2, 0.25) is 0 Å². The highest BCUT2D eigenvalue weighted by Gasteiger charge is 2.55. The van der Waals surface area contributed by atoms with Crippen molar-refractivity contribution in [3.05, 3.63) is 52.4 Å². The van der Waals surface area contributed by atoms with Crippen molar-refractivity contribution in [2.45, 2.75) is 38.8 Å². The molecule has 2 heterocycles. The van der Waals surface area contributed by atoms with Crippen LogP contribution in [0.4, 0.5) is 4.79 Å². The molecule has 2 aliphatic rings. The molecule has 1 aromatic carbocycles. The molecular weight excluding hydrogens is 294 g/mol. The minimum atomic E-state index is -0.910. The highest BCUT2D eigenvalue weighted by atomic mass is 16.5. The average Bonchev–Trinajstić information content (AvgIpc) is 3.14. The fourth-order valence-electron chi connectivity index (χ4n) is 3.62. The van der Waals surface area contributed by atoms with Gasteiger partial charge >= 0.3 is 6.03 Å². The summed E-state index contributed by atoms with van der Waals surface area (Å²) in [6.07, 6.45) is 1.40. The Labute approximate surface area is 133 Å². The van der Waals surface area contributed by atoms with E-state index >= 15 is 0 Å². The molecule has 0 unspecified atom stereocenters. The van der Waals surface area contributed by atoms with Gasteiger partial charge in [0.2, 0.25) is 0 Å². The first-order chi connectivity index (χ1) is 11.0. The van der Waals surface area contributed by atoms with Crippen molar-refractivity contribution in [2.24, 2.45) is 0 Å². The van der Waals surface area contributed by atoms with E-state index in [4.69, 9.17) is 4.52 Å². The van der Waals surface area contributed by atoms with Gasteiger partial charge in [0.05, 0.1) is 12.2 Å². The van der Waals surface area contributed by atoms with Crippen LogP contribution in [0.5, 0.6) is 0 Å². The van der Waals surface area contributed by atoms with Crippen LogP contribution < -0.4 is 5.32 Å². The SMILES string of the molecule is Cc1noc(C)c1CN1C(=O)N[C@]2(CCc3ccccc32)C1=O. The van der Waals surface area contributed by atoms with Crippen LogP contribution in [0.15, 0.2) is 28.8 Å². The number of nitrogens with one attached hydrogen (secondary N) is 1. The molecule has 2 aromatic rings. The Morgan fingerprint density at radius 1 is 1.30 bits per heavy atom. The number of nitrogens with zero attached hydrogens (tertiary/aromatic N) is 2. The molecule has 1 aliphatic carbocycles. The van der Waals surface area contributed by atoms with Gasteiger partial charge in [0.25, 0.3) is 5.91 Å². The van der Waals surface area contributed by atoms with Crippen molar-refractivity contribution in [3.8, 4) is 0 Å². The number of aryl methyl sites for hydroxylation is 3. The predicted molar refractivity (Wildman–Crippen MR) is 81.5 cm³/mol. The normalized spacial score (nSPS) is 22.8. The Bertz CT molecular complexity index is 807. The summed E-state index contributed by atoms with van der Waals surface area (Å²) in [4.78, 5) is 26.8. The van der Waals surface area contributed by atoms with Crippen molar-refractivity contribution in [1.82, 2.24) is 15.4 Å². The summed E-state index contributed by atoms with van der Waals surface area (Å²) < 4.78 is 5.13. The minimum Gasteiger partial charge on any atom is -0.361 e. The quantitative estimate of drug-likeness (QED) is 0.863. The molecule has 0 radical (unpaired) electrons. The van der Waals surface area contributed by atoms with E-state index in [1.54, 1.807) is 6.92 Å². The van der Waals surface area contributed by atoms with Gasteiger partial charge in [-0.25, -0.2) is 4.79 Å². The number of aromatic nitrogens is 1. The molecule has 6 nitrogen and oxygen atoms in total. The van der Waals surface area contributed by atoms with E-state index in [0.29, 0.717) is 17.9 Å². The third-order valence-electron chi connectivity index (χ3n) is 4.92. The number of hydrogen-bond acceptors (Lipinski definition) is 4. The zero-order chi connectivity index (χ0) is 16.2. The van der Waals surface area contributed by atoms with Gasteiger partial charge in [-0.3, -0.25) is 9.69 Å². The maximum atomic E-state index is 13.0. The van der Waals surface area contributed by atoms with Gasteiger partial charge in [-0.15, -0.1) is 0 Å². The lowest BCUT2D eigenvalue weighted by Crippen LogP contribution is -2.41. The number of carbonyl (C=O) groups excluding carboxylic acids is 2. The van der Waals surface area contributed by atoms with Gasteiger partial charge < -0.3 is 9.84 Å².